The number of anilines is 1. The lowest BCUT2D eigenvalue weighted by Crippen LogP contribution is -2.47. The van der Waals surface area contributed by atoms with Crippen molar-refractivity contribution in [3.05, 3.63) is 29.8 Å². The molecule has 1 N–H and O–H groups in total. The molecule has 114 valence electrons. The zero-order valence-corrected chi connectivity index (χ0v) is 12.8. The van der Waals surface area contributed by atoms with Crippen molar-refractivity contribution < 1.29 is 9.59 Å². The summed E-state index contributed by atoms with van der Waals surface area (Å²) in [7, 11) is 2.04. The minimum atomic E-state index is -0.236. The Bertz CT molecular complexity index is 508. The predicted octanol–water partition coefficient (Wildman–Crippen LogP) is 1.35. The van der Waals surface area contributed by atoms with Crippen molar-refractivity contribution in [1.29, 1.82) is 0 Å². The molecule has 5 nitrogen and oxygen atoms in total. The number of carbonyl (C=O) groups excluding carboxylic acids is 2. The van der Waals surface area contributed by atoms with Crippen LogP contribution in [0, 0.1) is 0 Å². The summed E-state index contributed by atoms with van der Waals surface area (Å²) in [5.41, 5.74) is 1.88. The van der Waals surface area contributed by atoms with Crippen LogP contribution in [0.25, 0.3) is 0 Å². The topological polar surface area (TPSA) is 52.7 Å². The lowest BCUT2D eigenvalue weighted by Gasteiger charge is -2.32. The monoisotopic (exact) mass is 289 g/mol. The molecule has 0 atom stereocenters. The van der Waals surface area contributed by atoms with Crippen LogP contribution in [0.3, 0.4) is 0 Å². The van der Waals surface area contributed by atoms with E-state index in [-0.39, 0.29) is 18.2 Å². The maximum Gasteiger partial charge on any atom is 0.233 e. The highest BCUT2D eigenvalue weighted by molar-refractivity contribution is 6.03. The number of carbonyl (C=O) groups is 2. The summed E-state index contributed by atoms with van der Waals surface area (Å²) < 4.78 is 0. The van der Waals surface area contributed by atoms with Gasteiger partial charge in [-0.05, 0) is 25.1 Å². The number of likely N-dealkylation sites (N-methyl/N-ethyl adjacent to an activating group) is 1. The van der Waals surface area contributed by atoms with Crippen LogP contribution < -0.4 is 5.32 Å². The zero-order valence-electron chi connectivity index (χ0n) is 12.8. The van der Waals surface area contributed by atoms with Gasteiger partial charge < -0.3 is 15.1 Å². The number of nitrogens with zero attached hydrogens (tertiary/aromatic N) is 2. The van der Waals surface area contributed by atoms with Crippen LogP contribution in [0.5, 0.6) is 0 Å². The van der Waals surface area contributed by atoms with Gasteiger partial charge in [0.05, 0.1) is 0 Å². The molecule has 0 saturated carbocycles. The summed E-state index contributed by atoms with van der Waals surface area (Å²) in [5, 5.41) is 2.84. The molecule has 0 spiro atoms. The second-order valence-corrected chi connectivity index (χ2v) is 5.42. The van der Waals surface area contributed by atoms with Gasteiger partial charge in [-0.25, -0.2) is 0 Å². The van der Waals surface area contributed by atoms with Gasteiger partial charge in [-0.15, -0.1) is 0 Å². The van der Waals surface area contributed by atoms with Crippen LogP contribution in [0.4, 0.5) is 5.69 Å². The number of rotatable bonds is 4. The molecule has 1 aromatic rings. The molecule has 1 aromatic carbocycles. The standard InChI is InChI=1S/C16H23N3O2/c1-3-13-6-4-5-7-14(13)17-15(20)12-16(21)19-10-8-18(2)9-11-19/h4-7H,3,8-12H2,1-2H3,(H,17,20). The Morgan fingerprint density at radius 2 is 1.81 bits per heavy atom. The molecular formula is C16H23N3O2. The van der Waals surface area contributed by atoms with Crippen molar-refractivity contribution in [1.82, 2.24) is 9.80 Å². The highest BCUT2D eigenvalue weighted by atomic mass is 16.2. The number of aryl methyl sites for hydroxylation is 1. The van der Waals surface area contributed by atoms with Gasteiger partial charge in [0.15, 0.2) is 0 Å². The first-order chi connectivity index (χ1) is 10.1. The highest BCUT2D eigenvalue weighted by Gasteiger charge is 2.21. The van der Waals surface area contributed by atoms with Gasteiger partial charge in [0, 0.05) is 31.9 Å². The number of benzene rings is 1. The van der Waals surface area contributed by atoms with E-state index in [1.54, 1.807) is 4.90 Å². The van der Waals surface area contributed by atoms with E-state index in [4.69, 9.17) is 0 Å². The Morgan fingerprint density at radius 1 is 1.14 bits per heavy atom. The number of amides is 2. The largest absolute Gasteiger partial charge is 0.340 e. The van der Waals surface area contributed by atoms with Crippen LogP contribution in [0.2, 0.25) is 0 Å². The summed E-state index contributed by atoms with van der Waals surface area (Å²) in [6, 6.07) is 7.69. The van der Waals surface area contributed by atoms with Crippen LogP contribution in [0.15, 0.2) is 24.3 Å². The molecule has 1 saturated heterocycles. The molecule has 1 heterocycles. The van der Waals surface area contributed by atoms with E-state index in [0.717, 1.165) is 30.8 Å². The van der Waals surface area contributed by atoms with Crippen molar-refractivity contribution >= 4 is 17.5 Å². The molecule has 2 rings (SSSR count). The van der Waals surface area contributed by atoms with E-state index in [1.165, 1.54) is 0 Å². The second-order valence-electron chi connectivity index (χ2n) is 5.42. The lowest BCUT2D eigenvalue weighted by molar-refractivity contribution is -0.135. The van der Waals surface area contributed by atoms with E-state index in [0.29, 0.717) is 13.1 Å². The minimum Gasteiger partial charge on any atom is -0.340 e. The maximum atomic E-state index is 12.1. The van der Waals surface area contributed by atoms with Gasteiger partial charge >= 0.3 is 0 Å². The van der Waals surface area contributed by atoms with Crippen LogP contribution in [0.1, 0.15) is 18.9 Å². The van der Waals surface area contributed by atoms with E-state index in [2.05, 4.69) is 10.2 Å². The molecule has 0 unspecified atom stereocenters. The second kappa shape index (κ2) is 7.22. The fourth-order valence-electron chi connectivity index (χ4n) is 2.45. The number of hydrogen-bond acceptors (Lipinski definition) is 3. The predicted molar refractivity (Wildman–Crippen MR) is 83.1 cm³/mol. The molecule has 1 fully saturated rings. The highest BCUT2D eigenvalue weighted by Crippen LogP contribution is 2.15. The van der Waals surface area contributed by atoms with Gasteiger partial charge in [0.25, 0.3) is 0 Å². The molecule has 0 radical (unpaired) electrons. The van der Waals surface area contributed by atoms with Crippen molar-refractivity contribution in [3.63, 3.8) is 0 Å². The molecule has 0 aromatic heterocycles. The Morgan fingerprint density at radius 3 is 2.48 bits per heavy atom. The smallest absolute Gasteiger partial charge is 0.233 e. The van der Waals surface area contributed by atoms with Crippen molar-refractivity contribution in [3.8, 4) is 0 Å². The average molecular weight is 289 g/mol. The summed E-state index contributed by atoms with van der Waals surface area (Å²) in [4.78, 5) is 28.1. The third-order valence-corrected chi connectivity index (χ3v) is 3.84. The van der Waals surface area contributed by atoms with Crippen molar-refractivity contribution in [2.75, 3.05) is 38.5 Å². The fourth-order valence-corrected chi connectivity index (χ4v) is 2.45. The summed E-state index contributed by atoms with van der Waals surface area (Å²) in [6.07, 6.45) is 0.768. The summed E-state index contributed by atoms with van der Waals surface area (Å²) in [5.74, 6) is -0.325. The normalized spacial score (nSPS) is 15.8. The van der Waals surface area contributed by atoms with Crippen LogP contribution >= 0.6 is 0 Å². The maximum absolute atomic E-state index is 12.1. The van der Waals surface area contributed by atoms with E-state index >= 15 is 0 Å². The van der Waals surface area contributed by atoms with Gasteiger partial charge in [-0.1, -0.05) is 25.1 Å². The van der Waals surface area contributed by atoms with Gasteiger partial charge in [0.2, 0.25) is 11.8 Å². The molecule has 1 aliphatic heterocycles. The molecular weight excluding hydrogens is 266 g/mol. The fraction of sp³-hybridized carbons (Fsp3) is 0.500. The zero-order chi connectivity index (χ0) is 15.2. The molecule has 2 amide bonds. The van der Waals surface area contributed by atoms with E-state index in [9.17, 15) is 9.59 Å². The quantitative estimate of drug-likeness (QED) is 0.851. The molecule has 0 bridgehead atoms. The molecule has 1 aliphatic rings. The molecule has 5 heteroatoms. The molecule has 21 heavy (non-hydrogen) atoms. The number of piperazine rings is 1. The first-order valence-electron chi connectivity index (χ1n) is 7.44. The van der Waals surface area contributed by atoms with E-state index < -0.39 is 0 Å². The Balaban J connectivity index is 1.88. The lowest BCUT2D eigenvalue weighted by atomic mass is 10.1. The number of nitrogens with one attached hydrogen (secondary N) is 1. The summed E-state index contributed by atoms with van der Waals surface area (Å²) >= 11 is 0. The van der Waals surface area contributed by atoms with Crippen molar-refractivity contribution in [2.24, 2.45) is 0 Å². The first-order valence-corrected chi connectivity index (χ1v) is 7.44. The minimum absolute atomic E-state index is 0.0816. The van der Waals surface area contributed by atoms with Gasteiger partial charge in [-0.2, -0.15) is 0 Å². The van der Waals surface area contributed by atoms with E-state index in [1.807, 2.05) is 38.2 Å². The molecule has 0 aliphatic carbocycles. The van der Waals surface area contributed by atoms with Gasteiger partial charge in [0.1, 0.15) is 6.42 Å². The first kappa shape index (κ1) is 15.5. The van der Waals surface area contributed by atoms with Gasteiger partial charge in [-0.3, -0.25) is 9.59 Å². The third-order valence-electron chi connectivity index (χ3n) is 3.84. The number of para-hydroxylation sites is 1. The third kappa shape index (κ3) is 4.29. The van der Waals surface area contributed by atoms with Crippen LogP contribution in [-0.4, -0.2) is 54.8 Å². The Labute approximate surface area is 125 Å². The Hall–Kier alpha value is -1.88. The Kier molecular flexibility index (Phi) is 5.33. The number of hydrogen-bond donors (Lipinski definition) is 1. The average Bonchev–Trinajstić information content (AvgIpc) is 2.48. The SMILES string of the molecule is CCc1ccccc1NC(=O)CC(=O)N1CCN(C)CC1. The van der Waals surface area contributed by atoms with Crippen LogP contribution in [-0.2, 0) is 16.0 Å². The van der Waals surface area contributed by atoms with Crippen molar-refractivity contribution in [2.45, 2.75) is 19.8 Å². The summed E-state index contributed by atoms with van der Waals surface area (Å²) in [6.45, 7) is 5.18.